The van der Waals surface area contributed by atoms with Gasteiger partial charge in [-0.25, -0.2) is 4.98 Å². The van der Waals surface area contributed by atoms with Crippen LogP contribution in [-0.4, -0.2) is 41.5 Å². The summed E-state index contributed by atoms with van der Waals surface area (Å²) in [5, 5.41) is 4.18. The van der Waals surface area contributed by atoms with Crippen LogP contribution in [0.3, 0.4) is 0 Å². The van der Waals surface area contributed by atoms with Crippen molar-refractivity contribution in [1.29, 1.82) is 0 Å². The zero-order valence-corrected chi connectivity index (χ0v) is 15.2. The van der Waals surface area contributed by atoms with Crippen LogP contribution in [-0.2, 0) is 6.54 Å². The summed E-state index contributed by atoms with van der Waals surface area (Å²) >= 11 is 0. The maximum absolute atomic E-state index is 5.60. The van der Waals surface area contributed by atoms with E-state index < -0.39 is 0 Å². The molecule has 4 aromatic rings. The summed E-state index contributed by atoms with van der Waals surface area (Å²) in [5.74, 6) is 2.16. The third kappa shape index (κ3) is 3.29. The van der Waals surface area contributed by atoms with E-state index in [0.717, 1.165) is 48.6 Å². The molecule has 0 bridgehead atoms. The van der Waals surface area contributed by atoms with E-state index in [1.165, 1.54) is 0 Å². The molecule has 140 valence electrons. The van der Waals surface area contributed by atoms with Crippen LogP contribution < -0.4 is 0 Å². The third-order valence-electron chi connectivity index (χ3n) is 5.00. The quantitative estimate of drug-likeness (QED) is 0.573. The van der Waals surface area contributed by atoms with Gasteiger partial charge < -0.3 is 9.51 Å². The van der Waals surface area contributed by atoms with E-state index in [0.29, 0.717) is 11.7 Å². The lowest BCUT2D eigenvalue weighted by molar-refractivity contribution is 0.197. The molecule has 1 saturated heterocycles. The second-order valence-corrected chi connectivity index (χ2v) is 6.79. The smallest absolute Gasteiger partial charge is 0.244 e. The molecule has 0 radical (unpaired) electrons. The van der Waals surface area contributed by atoms with Gasteiger partial charge in [-0.2, -0.15) is 4.98 Å². The number of nitrogens with one attached hydrogen (secondary N) is 1. The highest BCUT2D eigenvalue weighted by atomic mass is 16.5. The van der Waals surface area contributed by atoms with Gasteiger partial charge in [0.25, 0.3) is 0 Å². The van der Waals surface area contributed by atoms with E-state index in [1.54, 1.807) is 24.8 Å². The Bertz CT molecular complexity index is 1030. The lowest BCUT2D eigenvalue weighted by atomic mass is 10.1. The summed E-state index contributed by atoms with van der Waals surface area (Å²) in [7, 11) is 0. The Hall–Kier alpha value is -3.39. The number of aromatic amines is 1. The number of imidazole rings is 1. The lowest BCUT2D eigenvalue weighted by Crippen LogP contribution is -2.23. The van der Waals surface area contributed by atoms with Gasteiger partial charge in [-0.1, -0.05) is 5.16 Å². The minimum absolute atomic E-state index is 0.121. The van der Waals surface area contributed by atoms with Gasteiger partial charge in [0.15, 0.2) is 0 Å². The maximum Gasteiger partial charge on any atom is 0.244 e. The molecule has 0 amide bonds. The zero-order valence-electron chi connectivity index (χ0n) is 15.2. The molecule has 0 aromatic carbocycles. The molecule has 4 aromatic heterocycles. The molecule has 0 saturated carbocycles. The van der Waals surface area contributed by atoms with Crippen LogP contribution in [0.4, 0.5) is 0 Å². The van der Waals surface area contributed by atoms with Crippen LogP contribution in [0.25, 0.3) is 22.6 Å². The largest absolute Gasteiger partial charge is 0.348 e. The van der Waals surface area contributed by atoms with Crippen molar-refractivity contribution < 1.29 is 4.52 Å². The molecule has 1 N–H and O–H groups in total. The first-order chi connectivity index (χ1) is 13.9. The first kappa shape index (κ1) is 16.8. The number of hydrogen-bond acceptors (Lipinski definition) is 7. The number of H-pyrrole nitrogens is 1. The summed E-state index contributed by atoms with van der Waals surface area (Å²) in [6.45, 7) is 1.74. The maximum atomic E-state index is 5.60. The molecule has 1 aliphatic rings. The SMILES string of the molecule is c1cc(-c2ccc(-c3noc([C@@H]4CCCN4Cc4ncc[nH]4)n3)cn2)ccn1. The molecule has 1 fully saturated rings. The summed E-state index contributed by atoms with van der Waals surface area (Å²) in [6, 6.07) is 7.91. The van der Waals surface area contributed by atoms with Gasteiger partial charge >= 0.3 is 0 Å². The molecule has 0 unspecified atom stereocenters. The van der Waals surface area contributed by atoms with Crippen LogP contribution in [0.15, 0.2) is 59.8 Å². The Morgan fingerprint density at radius 3 is 2.79 bits per heavy atom. The molecule has 8 heteroatoms. The van der Waals surface area contributed by atoms with Crippen molar-refractivity contribution >= 4 is 0 Å². The van der Waals surface area contributed by atoms with Crippen molar-refractivity contribution in [3.8, 4) is 22.6 Å². The number of likely N-dealkylation sites (tertiary alicyclic amines) is 1. The number of nitrogens with zero attached hydrogens (tertiary/aromatic N) is 6. The third-order valence-corrected chi connectivity index (χ3v) is 5.00. The number of hydrogen-bond donors (Lipinski definition) is 1. The van der Waals surface area contributed by atoms with Crippen LogP contribution in [0.5, 0.6) is 0 Å². The molecule has 0 spiro atoms. The van der Waals surface area contributed by atoms with Gasteiger partial charge in [0, 0.05) is 42.1 Å². The molecule has 5 heterocycles. The number of pyridine rings is 2. The predicted molar refractivity (Wildman–Crippen MR) is 102 cm³/mol. The minimum atomic E-state index is 0.121. The molecular formula is C20H19N7O. The zero-order chi connectivity index (χ0) is 18.8. The van der Waals surface area contributed by atoms with E-state index in [1.807, 2.05) is 30.5 Å². The average Bonchev–Trinajstić information content (AvgIpc) is 3.51. The lowest BCUT2D eigenvalue weighted by Gasteiger charge is -2.19. The molecule has 28 heavy (non-hydrogen) atoms. The predicted octanol–water partition coefficient (Wildman–Crippen LogP) is 3.25. The molecule has 5 rings (SSSR count). The topological polar surface area (TPSA) is 96.6 Å². The van der Waals surface area contributed by atoms with Gasteiger partial charge in [-0.05, 0) is 43.7 Å². The fraction of sp³-hybridized carbons (Fsp3) is 0.250. The molecule has 8 nitrogen and oxygen atoms in total. The van der Waals surface area contributed by atoms with Crippen LogP contribution in [0.2, 0.25) is 0 Å². The van der Waals surface area contributed by atoms with Crippen molar-refractivity contribution in [2.24, 2.45) is 0 Å². The Balaban J connectivity index is 1.34. The van der Waals surface area contributed by atoms with Gasteiger partial charge in [0.2, 0.25) is 11.7 Å². The molecular weight excluding hydrogens is 354 g/mol. The van der Waals surface area contributed by atoms with Crippen LogP contribution >= 0.6 is 0 Å². The monoisotopic (exact) mass is 373 g/mol. The van der Waals surface area contributed by atoms with Crippen LogP contribution in [0.1, 0.15) is 30.6 Å². The summed E-state index contributed by atoms with van der Waals surface area (Å²) in [4.78, 5) is 23.0. The van der Waals surface area contributed by atoms with Gasteiger partial charge in [0.05, 0.1) is 18.3 Å². The minimum Gasteiger partial charge on any atom is -0.348 e. The second-order valence-electron chi connectivity index (χ2n) is 6.79. The van der Waals surface area contributed by atoms with Gasteiger partial charge in [-0.15, -0.1) is 0 Å². The summed E-state index contributed by atoms with van der Waals surface area (Å²) in [5.41, 5.74) is 2.74. The fourth-order valence-corrected chi connectivity index (χ4v) is 3.58. The Morgan fingerprint density at radius 2 is 2.00 bits per heavy atom. The van der Waals surface area contributed by atoms with Gasteiger partial charge in [-0.3, -0.25) is 14.9 Å². The highest BCUT2D eigenvalue weighted by molar-refractivity contribution is 5.62. The van der Waals surface area contributed by atoms with Crippen molar-refractivity contribution in [3.63, 3.8) is 0 Å². The second kappa shape index (κ2) is 7.32. The average molecular weight is 373 g/mol. The number of aromatic nitrogens is 6. The molecule has 1 atom stereocenters. The first-order valence-electron chi connectivity index (χ1n) is 9.29. The van der Waals surface area contributed by atoms with E-state index in [9.17, 15) is 0 Å². The van der Waals surface area contributed by atoms with E-state index in [4.69, 9.17) is 4.52 Å². The van der Waals surface area contributed by atoms with Gasteiger partial charge in [0.1, 0.15) is 5.82 Å². The highest BCUT2D eigenvalue weighted by Crippen LogP contribution is 2.32. The Kier molecular flexibility index (Phi) is 4.38. The highest BCUT2D eigenvalue weighted by Gasteiger charge is 2.31. The first-order valence-corrected chi connectivity index (χ1v) is 9.29. The van der Waals surface area contributed by atoms with Crippen molar-refractivity contribution in [2.75, 3.05) is 6.54 Å². The summed E-state index contributed by atoms with van der Waals surface area (Å²) < 4.78 is 5.60. The summed E-state index contributed by atoms with van der Waals surface area (Å²) in [6.07, 6.45) is 11.0. The van der Waals surface area contributed by atoms with Crippen molar-refractivity contribution in [1.82, 2.24) is 35.0 Å². The van der Waals surface area contributed by atoms with Crippen molar-refractivity contribution in [3.05, 3.63) is 67.0 Å². The van der Waals surface area contributed by atoms with E-state index >= 15 is 0 Å². The molecule has 0 aliphatic carbocycles. The number of rotatable bonds is 5. The van der Waals surface area contributed by atoms with E-state index in [-0.39, 0.29) is 6.04 Å². The normalized spacial score (nSPS) is 17.2. The van der Waals surface area contributed by atoms with E-state index in [2.05, 4.69) is 35.0 Å². The van der Waals surface area contributed by atoms with Crippen molar-refractivity contribution in [2.45, 2.75) is 25.4 Å². The molecule has 1 aliphatic heterocycles. The Morgan fingerprint density at radius 1 is 1.07 bits per heavy atom. The fourth-order valence-electron chi connectivity index (χ4n) is 3.58. The van der Waals surface area contributed by atoms with Crippen LogP contribution in [0, 0.1) is 0 Å². The Labute approximate surface area is 161 Å². The standard InChI is InChI=1S/C20H19N7O/c1-2-17(27(11-1)13-18-22-9-10-23-18)20-25-19(26-28-20)15-3-4-16(24-12-15)14-5-7-21-8-6-14/h3-10,12,17H,1-2,11,13H2,(H,22,23)/t17-/m0/s1.